The molecule has 0 radical (unpaired) electrons. The van der Waals surface area contributed by atoms with Crippen LogP contribution in [0.1, 0.15) is 40.2 Å². The predicted molar refractivity (Wildman–Crippen MR) is 161 cm³/mol. The Bertz CT molecular complexity index is 635. The van der Waals surface area contributed by atoms with E-state index in [1.54, 1.807) is 21.1 Å². The molecule has 40 heavy (non-hydrogen) atoms. The van der Waals surface area contributed by atoms with Crippen molar-refractivity contribution in [1.29, 1.82) is 0 Å². The average Bonchev–Trinajstić information content (AvgIpc) is 2.99. The molecule has 1 aromatic rings. The molecule has 1 unspecified atom stereocenters. The van der Waals surface area contributed by atoms with Crippen LogP contribution in [0.2, 0.25) is 0 Å². The first-order valence-corrected chi connectivity index (χ1v) is 14.6. The van der Waals surface area contributed by atoms with Crippen molar-refractivity contribution in [1.82, 2.24) is 10.6 Å². The fraction of sp³-hybridized carbons (Fsp3) is 0.767. The molecule has 0 bridgehead atoms. The first-order valence-electron chi connectivity index (χ1n) is 14.6. The second-order valence-electron chi connectivity index (χ2n) is 7.95. The highest BCUT2D eigenvalue weighted by molar-refractivity contribution is 5.81. The van der Waals surface area contributed by atoms with E-state index in [9.17, 15) is 4.79 Å². The van der Waals surface area contributed by atoms with Gasteiger partial charge >= 0.3 is 0 Å². The second-order valence-corrected chi connectivity index (χ2v) is 7.95. The largest absolute Gasteiger partial charge is 0.492 e. The highest BCUT2D eigenvalue weighted by Crippen LogP contribution is 2.13. The predicted octanol–water partition coefficient (Wildman–Crippen LogP) is 3.16. The lowest BCUT2D eigenvalue weighted by Crippen LogP contribution is -2.34. The van der Waals surface area contributed by atoms with Gasteiger partial charge in [-0.3, -0.25) is 4.79 Å². The Kier molecular flexibility index (Phi) is 34.0. The molecule has 0 aliphatic carbocycles. The van der Waals surface area contributed by atoms with Crippen molar-refractivity contribution in [3.8, 4) is 5.75 Å². The average molecular weight is 575 g/mol. The van der Waals surface area contributed by atoms with Crippen molar-refractivity contribution < 1.29 is 38.0 Å². The fourth-order valence-electron chi connectivity index (χ4n) is 3.04. The van der Waals surface area contributed by atoms with E-state index in [2.05, 4.69) is 10.6 Å². The van der Waals surface area contributed by atoms with Gasteiger partial charge in [-0.1, -0.05) is 39.8 Å². The third-order valence-electron chi connectivity index (χ3n) is 5.09. The number of methoxy groups -OCH3 is 1. The van der Waals surface area contributed by atoms with Crippen LogP contribution >= 0.6 is 0 Å². The van der Waals surface area contributed by atoms with E-state index in [-0.39, 0.29) is 11.8 Å². The maximum atomic E-state index is 11.5. The van der Waals surface area contributed by atoms with E-state index in [0.717, 1.165) is 24.4 Å². The summed E-state index contributed by atoms with van der Waals surface area (Å²) in [7, 11) is 3.45. The number of Topliss-reactive ketones (excluding diaryl/α,β-unsaturated/α-hetero) is 1. The molecule has 10 heteroatoms. The molecule has 0 saturated carbocycles. The Labute approximate surface area is 243 Å². The van der Waals surface area contributed by atoms with Gasteiger partial charge in [0.1, 0.15) is 18.1 Å². The van der Waals surface area contributed by atoms with Crippen molar-refractivity contribution in [2.75, 3.05) is 107 Å². The Hall–Kier alpha value is -1.63. The van der Waals surface area contributed by atoms with Gasteiger partial charge in [0.2, 0.25) is 0 Å². The van der Waals surface area contributed by atoms with Crippen molar-refractivity contribution in [2.24, 2.45) is 0 Å². The van der Waals surface area contributed by atoms with Gasteiger partial charge in [-0.05, 0) is 38.1 Å². The van der Waals surface area contributed by atoms with Crippen molar-refractivity contribution in [3.05, 3.63) is 29.8 Å². The van der Waals surface area contributed by atoms with E-state index in [4.69, 9.17) is 33.2 Å². The van der Waals surface area contributed by atoms with Crippen LogP contribution in [-0.4, -0.2) is 118 Å². The van der Waals surface area contributed by atoms with Crippen LogP contribution in [0, 0.1) is 0 Å². The molecular weight excluding hydrogens is 516 g/mol. The lowest BCUT2D eigenvalue weighted by atomic mass is 10.0. The summed E-state index contributed by atoms with van der Waals surface area (Å²) in [5, 5.41) is 6.32. The van der Waals surface area contributed by atoms with Crippen LogP contribution < -0.4 is 15.4 Å². The molecule has 0 saturated heterocycles. The van der Waals surface area contributed by atoms with Crippen molar-refractivity contribution >= 4 is 5.78 Å². The minimum Gasteiger partial charge on any atom is -0.492 e. The SMILES string of the molecule is CC.CC.CNC(Cc1ccc(OCCNCCOCCOCCOCCOCCOCCOC)cc1)C(C)=O. The zero-order valence-corrected chi connectivity index (χ0v) is 26.3. The first kappa shape index (κ1) is 40.5. The quantitative estimate of drug-likeness (QED) is 0.160. The van der Waals surface area contributed by atoms with Gasteiger partial charge in [0.15, 0.2) is 0 Å². The summed E-state index contributed by atoms with van der Waals surface area (Å²) in [5.41, 5.74) is 1.10. The van der Waals surface area contributed by atoms with Crippen LogP contribution in [0.4, 0.5) is 0 Å². The monoisotopic (exact) mass is 574 g/mol. The molecular formula is C30H58N2O8. The summed E-state index contributed by atoms with van der Waals surface area (Å²) >= 11 is 0. The fourth-order valence-corrected chi connectivity index (χ4v) is 3.04. The molecule has 0 fully saturated rings. The number of ether oxygens (including phenoxy) is 7. The normalized spacial score (nSPS) is 11.2. The Morgan fingerprint density at radius 3 is 1.52 bits per heavy atom. The Morgan fingerprint density at radius 1 is 0.675 bits per heavy atom. The molecule has 10 nitrogen and oxygen atoms in total. The summed E-state index contributed by atoms with van der Waals surface area (Å²) in [4.78, 5) is 11.5. The summed E-state index contributed by atoms with van der Waals surface area (Å²) < 4.78 is 37.8. The van der Waals surface area contributed by atoms with Crippen LogP contribution in [0.3, 0.4) is 0 Å². The number of nitrogens with one attached hydrogen (secondary N) is 2. The van der Waals surface area contributed by atoms with Gasteiger partial charge < -0.3 is 43.8 Å². The number of carbonyl (C=O) groups is 1. The molecule has 0 aliphatic heterocycles. The van der Waals surface area contributed by atoms with E-state index in [0.29, 0.717) is 85.7 Å². The minimum absolute atomic E-state index is 0.139. The molecule has 2 N–H and O–H groups in total. The van der Waals surface area contributed by atoms with Gasteiger partial charge in [0.25, 0.3) is 0 Å². The number of benzene rings is 1. The van der Waals surface area contributed by atoms with E-state index >= 15 is 0 Å². The molecule has 1 aromatic carbocycles. The van der Waals surface area contributed by atoms with Crippen LogP contribution in [0.25, 0.3) is 0 Å². The lowest BCUT2D eigenvalue weighted by Gasteiger charge is -2.13. The highest BCUT2D eigenvalue weighted by atomic mass is 16.6. The third-order valence-corrected chi connectivity index (χ3v) is 5.09. The summed E-state index contributed by atoms with van der Waals surface area (Å²) in [6.45, 7) is 17.8. The van der Waals surface area contributed by atoms with E-state index < -0.39 is 0 Å². The number of carbonyl (C=O) groups excluding carboxylic acids is 1. The van der Waals surface area contributed by atoms with E-state index in [1.165, 1.54) is 0 Å². The molecule has 0 aliphatic rings. The third kappa shape index (κ3) is 26.6. The van der Waals surface area contributed by atoms with Gasteiger partial charge in [-0.2, -0.15) is 0 Å². The van der Waals surface area contributed by atoms with Gasteiger partial charge in [0, 0.05) is 20.2 Å². The van der Waals surface area contributed by atoms with Gasteiger partial charge in [-0.25, -0.2) is 0 Å². The molecule has 0 aromatic heterocycles. The smallest absolute Gasteiger partial charge is 0.147 e. The number of likely N-dealkylation sites (N-methyl/N-ethyl adjacent to an activating group) is 1. The lowest BCUT2D eigenvalue weighted by molar-refractivity contribution is -0.118. The molecule has 0 spiro atoms. The Morgan fingerprint density at radius 2 is 1.10 bits per heavy atom. The molecule has 236 valence electrons. The molecule has 0 amide bonds. The van der Waals surface area contributed by atoms with E-state index in [1.807, 2.05) is 52.0 Å². The van der Waals surface area contributed by atoms with Gasteiger partial charge in [0.05, 0.1) is 78.7 Å². The zero-order valence-electron chi connectivity index (χ0n) is 26.3. The number of hydrogen-bond donors (Lipinski definition) is 2. The topological polar surface area (TPSA) is 106 Å². The molecule has 0 heterocycles. The molecule has 1 atom stereocenters. The van der Waals surface area contributed by atoms with Crippen LogP contribution in [0.5, 0.6) is 5.75 Å². The summed E-state index contributed by atoms with van der Waals surface area (Å²) in [6.07, 6.45) is 0.676. The zero-order chi connectivity index (χ0) is 30.1. The molecule has 1 rings (SSSR count). The number of ketones is 1. The van der Waals surface area contributed by atoms with Crippen molar-refractivity contribution in [2.45, 2.75) is 47.1 Å². The van der Waals surface area contributed by atoms with Crippen LogP contribution in [0.15, 0.2) is 24.3 Å². The second kappa shape index (κ2) is 33.6. The standard InChI is InChI=1S/C26H46N2O8.2C2H6/c1-23(29)26(27-2)22-24-4-6-25(7-5-24)36-11-9-28-8-10-31-14-15-33-18-19-35-21-20-34-17-16-32-13-12-30-3;2*1-2/h4-7,26-28H,8-22H2,1-3H3;2*1-2H3. The summed E-state index contributed by atoms with van der Waals surface area (Å²) in [5.74, 6) is 0.956. The highest BCUT2D eigenvalue weighted by Gasteiger charge is 2.11. The minimum atomic E-state index is -0.150. The summed E-state index contributed by atoms with van der Waals surface area (Å²) in [6, 6.07) is 7.72. The number of hydrogen-bond acceptors (Lipinski definition) is 10. The van der Waals surface area contributed by atoms with Gasteiger partial charge in [-0.15, -0.1) is 0 Å². The first-order chi connectivity index (χ1) is 19.7. The van der Waals surface area contributed by atoms with Crippen LogP contribution in [-0.2, 0) is 39.6 Å². The number of rotatable bonds is 26. The maximum absolute atomic E-state index is 11.5. The maximum Gasteiger partial charge on any atom is 0.147 e. The van der Waals surface area contributed by atoms with Crippen molar-refractivity contribution in [3.63, 3.8) is 0 Å². The Balaban J connectivity index is 0.